The van der Waals surface area contributed by atoms with Crippen molar-refractivity contribution in [2.75, 3.05) is 5.75 Å². The lowest BCUT2D eigenvalue weighted by atomic mass is 10.0. The molecule has 2 aromatic carbocycles. The highest BCUT2D eigenvalue weighted by molar-refractivity contribution is 9.10. The van der Waals surface area contributed by atoms with Gasteiger partial charge in [-0.2, -0.15) is 0 Å². The summed E-state index contributed by atoms with van der Waals surface area (Å²) in [6.45, 7) is 1.57. The lowest BCUT2D eigenvalue weighted by Gasteiger charge is -2.08. The molecule has 0 aliphatic heterocycles. The monoisotopic (exact) mass is 418 g/mol. The van der Waals surface area contributed by atoms with Crippen molar-refractivity contribution in [1.82, 2.24) is 0 Å². The molecule has 0 aliphatic rings. The Bertz CT molecular complexity index is 866. The second-order valence-corrected chi connectivity index (χ2v) is 8.59. The zero-order valence-electron chi connectivity index (χ0n) is 12.1. The van der Waals surface area contributed by atoms with E-state index < -0.39 is 21.4 Å². The van der Waals surface area contributed by atoms with E-state index in [9.17, 15) is 17.6 Å². The Kier molecular flexibility index (Phi) is 5.60. The van der Waals surface area contributed by atoms with Crippen LogP contribution in [-0.2, 0) is 15.6 Å². The highest BCUT2D eigenvalue weighted by atomic mass is 79.9. The van der Waals surface area contributed by atoms with Crippen LogP contribution in [0.15, 0.2) is 40.9 Å². The van der Waals surface area contributed by atoms with Crippen LogP contribution in [0.4, 0.5) is 4.39 Å². The molecule has 0 fully saturated rings. The third-order valence-corrected chi connectivity index (χ3v) is 5.82. The Balaban J connectivity index is 2.35. The van der Waals surface area contributed by atoms with Gasteiger partial charge in [-0.05, 0) is 35.9 Å². The van der Waals surface area contributed by atoms with E-state index in [1.165, 1.54) is 18.2 Å². The second kappa shape index (κ2) is 7.11. The summed E-state index contributed by atoms with van der Waals surface area (Å²) in [6.07, 6.45) is 0. The van der Waals surface area contributed by atoms with Crippen molar-refractivity contribution in [2.45, 2.75) is 12.7 Å². The highest BCUT2D eigenvalue weighted by Gasteiger charge is 2.18. The van der Waals surface area contributed by atoms with Gasteiger partial charge in [-0.3, -0.25) is 4.79 Å². The second-order valence-electron chi connectivity index (χ2n) is 4.94. The quantitative estimate of drug-likeness (QED) is 0.675. The summed E-state index contributed by atoms with van der Waals surface area (Å²) in [7, 11) is -3.17. The van der Waals surface area contributed by atoms with Crippen LogP contribution < -0.4 is 0 Å². The van der Waals surface area contributed by atoms with Crippen LogP contribution in [0.1, 0.15) is 28.4 Å². The van der Waals surface area contributed by atoms with Gasteiger partial charge >= 0.3 is 0 Å². The third-order valence-electron chi connectivity index (χ3n) is 3.28. The van der Waals surface area contributed by atoms with Crippen LogP contribution in [0.5, 0.6) is 0 Å². The number of hydrogen-bond donors (Lipinski definition) is 0. The fourth-order valence-electron chi connectivity index (χ4n) is 2.01. The molecule has 0 aliphatic carbocycles. The van der Waals surface area contributed by atoms with Gasteiger partial charge < -0.3 is 0 Å². The maximum atomic E-state index is 13.9. The molecule has 0 atom stereocenters. The fraction of sp³-hybridized carbons (Fsp3) is 0.188. The highest BCUT2D eigenvalue weighted by Crippen LogP contribution is 2.25. The van der Waals surface area contributed by atoms with Crippen molar-refractivity contribution in [3.63, 3.8) is 0 Å². The molecule has 0 spiro atoms. The molecule has 0 unspecified atom stereocenters. The van der Waals surface area contributed by atoms with E-state index in [-0.39, 0.29) is 27.7 Å². The molecule has 7 heteroatoms. The van der Waals surface area contributed by atoms with Crippen LogP contribution in [0.25, 0.3) is 0 Å². The average molecular weight is 420 g/mol. The van der Waals surface area contributed by atoms with Gasteiger partial charge in [0.25, 0.3) is 0 Å². The first-order valence-electron chi connectivity index (χ1n) is 6.72. The Morgan fingerprint density at radius 3 is 2.39 bits per heavy atom. The summed E-state index contributed by atoms with van der Waals surface area (Å²) in [5.74, 6) is -1.27. The smallest absolute Gasteiger partial charge is 0.197 e. The van der Waals surface area contributed by atoms with Crippen molar-refractivity contribution in [3.05, 3.63) is 68.4 Å². The first kappa shape index (κ1) is 18.1. The fourth-order valence-corrected chi connectivity index (χ4v) is 3.66. The predicted octanol–water partition coefficient (Wildman–Crippen LogP) is 4.41. The number of carbonyl (C=O) groups is 1. The van der Waals surface area contributed by atoms with Crippen LogP contribution in [0.2, 0.25) is 5.02 Å². The molecule has 3 nitrogen and oxygen atoms in total. The molecule has 0 saturated heterocycles. The Hall–Kier alpha value is -1.24. The van der Waals surface area contributed by atoms with Crippen molar-refractivity contribution >= 4 is 43.2 Å². The zero-order chi connectivity index (χ0) is 17.2. The maximum absolute atomic E-state index is 13.9. The van der Waals surface area contributed by atoms with Crippen LogP contribution in [0.3, 0.4) is 0 Å². The lowest BCUT2D eigenvalue weighted by Crippen LogP contribution is -2.08. The van der Waals surface area contributed by atoms with Crippen molar-refractivity contribution in [3.8, 4) is 0 Å². The van der Waals surface area contributed by atoms with Crippen molar-refractivity contribution in [1.29, 1.82) is 0 Å². The number of rotatable bonds is 5. The summed E-state index contributed by atoms with van der Waals surface area (Å²) in [4.78, 5) is 12.4. The van der Waals surface area contributed by atoms with E-state index in [4.69, 9.17) is 11.6 Å². The molecular weight excluding hydrogens is 407 g/mol. The Labute approximate surface area is 147 Å². The number of benzene rings is 2. The largest absolute Gasteiger partial charge is 0.288 e. The van der Waals surface area contributed by atoms with Gasteiger partial charge in [0.05, 0.1) is 11.3 Å². The van der Waals surface area contributed by atoms with Gasteiger partial charge in [-0.15, -0.1) is 0 Å². The Morgan fingerprint density at radius 2 is 1.83 bits per heavy atom. The number of hydrogen-bond acceptors (Lipinski definition) is 3. The number of halogens is 3. The first-order chi connectivity index (χ1) is 10.7. The molecule has 0 aromatic heterocycles. The third kappa shape index (κ3) is 4.40. The van der Waals surface area contributed by atoms with E-state index >= 15 is 0 Å². The van der Waals surface area contributed by atoms with Crippen LogP contribution >= 0.6 is 27.5 Å². The van der Waals surface area contributed by atoms with Gasteiger partial charge in [0.2, 0.25) is 0 Å². The topological polar surface area (TPSA) is 51.2 Å². The van der Waals surface area contributed by atoms with Crippen molar-refractivity contribution < 1.29 is 17.6 Å². The predicted molar refractivity (Wildman–Crippen MR) is 92.1 cm³/mol. The molecule has 2 rings (SSSR count). The minimum atomic E-state index is -3.17. The normalized spacial score (nSPS) is 11.5. The molecule has 23 heavy (non-hydrogen) atoms. The van der Waals surface area contributed by atoms with E-state index in [0.29, 0.717) is 10.0 Å². The summed E-state index contributed by atoms with van der Waals surface area (Å²) in [6, 6.07) is 8.44. The standard InChI is InChI=1S/C16H13BrClFO3S/c1-2-23(21,22)9-10-3-5-12(14(17)7-10)16(20)13-6-4-11(18)8-15(13)19/h3-8H,2,9H2,1H3. The zero-order valence-corrected chi connectivity index (χ0v) is 15.3. The van der Waals surface area contributed by atoms with Crippen LogP contribution in [-0.4, -0.2) is 20.0 Å². The van der Waals surface area contributed by atoms with Gasteiger partial charge in [0, 0.05) is 20.8 Å². The SMILES string of the molecule is CCS(=O)(=O)Cc1ccc(C(=O)c2ccc(Cl)cc2F)c(Br)c1. The summed E-state index contributed by atoms with van der Waals surface area (Å²) < 4.78 is 37.6. The summed E-state index contributed by atoms with van der Waals surface area (Å²) >= 11 is 8.93. The molecule has 0 radical (unpaired) electrons. The number of sulfone groups is 1. The van der Waals surface area contributed by atoms with E-state index in [1.807, 2.05) is 0 Å². The molecule has 0 heterocycles. The van der Waals surface area contributed by atoms with E-state index in [1.54, 1.807) is 19.1 Å². The molecular formula is C16H13BrClFO3S. The number of ketones is 1. The molecule has 122 valence electrons. The molecule has 0 amide bonds. The van der Waals surface area contributed by atoms with E-state index in [0.717, 1.165) is 6.07 Å². The van der Waals surface area contributed by atoms with Gasteiger partial charge in [-0.25, -0.2) is 12.8 Å². The van der Waals surface area contributed by atoms with Gasteiger partial charge in [0.15, 0.2) is 15.6 Å². The van der Waals surface area contributed by atoms with E-state index in [2.05, 4.69) is 15.9 Å². The molecule has 0 N–H and O–H groups in total. The van der Waals surface area contributed by atoms with Crippen molar-refractivity contribution in [2.24, 2.45) is 0 Å². The number of carbonyl (C=O) groups excluding carboxylic acids is 1. The Morgan fingerprint density at radius 1 is 1.17 bits per heavy atom. The molecule has 0 bridgehead atoms. The minimum absolute atomic E-state index is 0.0429. The maximum Gasteiger partial charge on any atom is 0.197 e. The average Bonchev–Trinajstić information content (AvgIpc) is 2.46. The first-order valence-corrected chi connectivity index (χ1v) is 9.71. The lowest BCUT2D eigenvalue weighted by molar-refractivity contribution is 0.103. The minimum Gasteiger partial charge on any atom is -0.288 e. The van der Waals surface area contributed by atoms with Gasteiger partial charge in [-0.1, -0.05) is 40.5 Å². The molecule has 2 aromatic rings. The van der Waals surface area contributed by atoms with Gasteiger partial charge in [0.1, 0.15) is 5.82 Å². The molecule has 0 saturated carbocycles. The summed E-state index contributed by atoms with van der Waals surface area (Å²) in [5.41, 5.74) is 0.722. The summed E-state index contributed by atoms with van der Waals surface area (Å²) in [5, 5.41) is 0.207. The van der Waals surface area contributed by atoms with Crippen LogP contribution in [0, 0.1) is 5.82 Å².